The van der Waals surface area contributed by atoms with Gasteiger partial charge in [-0.1, -0.05) is 12.2 Å². The normalized spacial score (nSPS) is 14.5. The Morgan fingerprint density at radius 1 is 0.686 bits per heavy atom. The van der Waals surface area contributed by atoms with Gasteiger partial charge in [-0.25, -0.2) is 9.03 Å². The van der Waals surface area contributed by atoms with Crippen molar-refractivity contribution in [2.45, 2.75) is 90.3 Å². The molecule has 2 aliphatic rings. The van der Waals surface area contributed by atoms with Crippen LogP contribution < -0.4 is 10.6 Å². The smallest absolute Gasteiger partial charge is 0.389 e. The van der Waals surface area contributed by atoms with Gasteiger partial charge in [-0.3, -0.25) is 28.5 Å². The van der Waals surface area contributed by atoms with Gasteiger partial charge in [-0.15, -0.1) is 10.2 Å². The van der Waals surface area contributed by atoms with E-state index < -0.39 is 67.4 Å². The summed E-state index contributed by atoms with van der Waals surface area (Å²) in [6, 6.07) is 7.38. The van der Waals surface area contributed by atoms with Crippen LogP contribution in [0, 0.1) is 0 Å². The van der Waals surface area contributed by atoms with E-state index >= 15 is 0 Å². The fraction of sp³-hybridized carbons (Fsp3) is 0.409. The van der Waals surface area contributed by atoms with Crippen molar-refractivity contribution in [3.8, 4) is 0 Å². The number of halogens is 6. The van der Waals surface area contributed by atoms with Crippen molar-refractivity contribution in [2.24, 2.45) is 0 Å². The van der Waals surface area contributed by atoms with Crippen molar-refractivity contribution in [3.05, 3.63) is 84.7 Å². The number of carbonyl (C=O) groups excluding carboxylic acids is 3. The van der Waals surface area contributed by atoms with E-state index in [1.165, 1.54) is 31.6 Å². The summed E-state index contributed by atoms with van der Waals surface area (Å²) in [5, 5.41) is 31.8. The number of aliphatic carboxylic acids is 1. The Hall–Kier alpha value is -7.80. The molecule has 26 heteroatoms. The van der Waals surface area contributed by atoms with E-state index in [4.69, 9.17) is 9.84 Å². The number of carboxylic acid groups (broad SMARTS) is 1. The molecule has 6 aromatic heterocycles. The predicted molar refractivity (Wildman–Crippen MR) is 239 cm³/mol. The molecular weight excluding hydrogens is 935 g/mol. The van der Waals surface area contributed by atoms with Crippen LogP contribution in [-0.2, 0) is 37.0 Å². The van der Waals surface area contributed by atoms with Crippen LogP contribution in [-0.4, -0.2) is 132 Å². The molecule has 0 aromatic carbocycles. The first kappa shape index (κ1) is 50.1. The van der Waals surface area contributed by atoms with Gasteiger partial charge in [0.25, 0.3) is 0 Å². The second-order valence-electron chi connectivity index (χ2n) is 17.2. The highest BCUT2D eigenvalue weighted by molar-refractivity contribution is 5.82. The molecule has 6 aromatic rings. The molecular formula is C44H48F6N14O6. The molecule has 2 amide bonds. The summed E-state index contributed by atoms with van der Waals surface area (Å²) < 4.78 is 85.6. The van der Waals surface area contributed by atoms with Crippen LogP contribution >= 0.6 is 0 Å². The maximum Gasteiger partial charge on any atom is 0.389 e. The van der Waals surface area contributed by atoms with Crippen LogP contribution in [0.4, 0.5) is 49.6 Å². The third-order valence-corrected chi connectivity index (χ3v) is 10.6. The molecule has 0 saturated heterocycles. The van der Waals surface area contributed by atoms with Gasteiger partial charge < -0.3 is 30.3 Å². The zero-order chi connectivity index (χ0) is 50.4. The monoisotopic (exact) mass is 982 g/mol. The topological polar surface area (TPSA) is 224 Å². The minimum atomic E-state index is -4.35. The number of alkyl halides is 6. The van der Waals surface area contributed by atoms with Gasteiger partial charge in [0.1, 0.15) is 18.7 Å². The molecule has 3 N–H and O–H groups in total. The number of nitrogens with one attached hydrogen (secondary N) is 2. The number of carbonyl (C=O) groups is 4. The molecule has 2 aliphatic heterocycles. The van der Waals surface area contributed by atoms with Crippen LogP contribution in [0.1, 0.15) is 70.4 Å². The molecule has 0 spiro atoms. The minimum absolute atomic E-state index is 0.0361. The number of fused-ring (bicyclic) bond motifs is 2. The molecule has 0 fully saturated rings. The molecule has 0 saturated carbocycles. The minimum Gasteiger partial charge on any atom is -0.480 e. The van der Waals surface area contributed by atoms with Gasteiger partial charge in [0.15, 0.2) is 11.3 Å². The molecule has 0 aliphatic carbocycles. The highest BCUT2D eigenvalue weighted by atomic mass is 19.4. The molecule has 8 heterocycles. The number of aromatic nitrogens is 10. The van der Waals surface area contributed by atoms with Crippen molar-refractivity contribution in [3.63, 3.8) is 0 Å². The zero-order valence-electron chi connectivity index (χ0n) is 38.0. The number of carboxylic acids is 1. The quantitative estimate of drug-likeness (QED) is 0.0765. The molecule has 372 valence electrons. The van der Waals surface area contributed by atoms with Gasteiger partial charge >= 0.3 is 24.3 Å². The third kappa shape index (κ3) is 13.9. The Balaban J connectivity index is 0.000000208. The van der Waals surface area contributed by atoms with Crippen molar-refractivity contribution in [2.75, 3.05) is 36.8 Å². The van der Waals surface area contributed by atoms with E-state index in [-0.39, 0.29) is 32.1 Å². The SMILES string of the molecule is CC(C)(C)OC(=O)Cn1cc(Nc2nc3c(C4=CCN(C(=O)CCC(F)(F)F)CC4)cccn3n2)cn1.O=C(O)Cn1cc(Nc2nc3c(C4=CCN(C(=O)CCC(F)(F)F)CC4)cccn3n2)cn1. The van der Waals surface area contributed by atoms with Crippen molar-refractivity contribution < 1.29 is 55.4 Å². The van der Waals surface area contributed by atoms with Crippen molar-refractivity contribution in [1.29, 1.82) is 0 Å². The Morgan fingerprint density at radius 2 is 1.13 bits per heavy atom. The standard InChI is InChI=1S/C24H28F3N7O3.C20H20F3N7O3/c1-23(2,3)37-20(36)15-33-14-17(13-28-33)29-22-30-21-18(5-4-10-34(21)31-22)16-7-11-32(12-8-16)19(35)6-9-24(25,26)27;21-20(22,23)6-3-16(31)28-8-4-13(5-9-28)15-2-1-7-30-18(15)26-19(27-30)25-14-10-24-29(11-14)12-17(32)33/h4-5,7,10,13-14H,6,8-9,11-12,15H2,1-3H3,(H,29,31);1-2,4,7,10-11H,3,5-6,8-9,12H2,(H,25,27)(H,32,33). The highest BCUT2D eigenvalue weighted by Crippen LogP contribution is 2.30. The zero-order valence-corrected chi connectivity index (χ0v) is 38.0. The number of ether oxygens (including phenoxy) is 1. The summed E-state index contributed by atoms with van der Waals surface area (Å²) in [5.41, 5.74) is 5.19. The Kier molecular flexibility index (Phi) is 14.9. The summed E-state index contributed by atoms with van der Waals surface area (Å²) >= 11 is 0. The maximum atomic E-state index is 12.4. The molecule has 70 heavy (non-hydrogen) atoms. The number of esters is 1. The lowest BCUT2D eigenvalue weighted by Gasteiger charge is -2.27. The molecule has 0 bridgehead atoms. The van der Waals surface area contributed by atoms with Gasteiger partial charge in [0.2, 0.25) is 23.7 Å². The van der Waals surface area contributed by atoms with Gasteiger partial charge in [0.05, 0.1) is 36.6 Å². The second-order valence-corrected chi connectivity index (χ2v) is 17.2. The van der Waals surface area contributed by atoms with Gasteiger partial charge in [-0.2, -0.15) is 46.5 Å². The number of rotatable bonds is 14. The molecule has 0 radical (unpaired) electrons. The maximum absolute atomic E-state index is 12.4. The fourth-order valence-corrected chi connectivity index (χ4v) is 7.45. The van der Waals surface area contributed by atoms with Crippen LogP contribution in [0.3, 0.4) is 0 Å². The summed E-state index contributed by atoms with van der Waals surface area (Å²) in [6.07, 6.45) is 2.24. The summed E-state index contributed by atoms with van der Waals surface area (Å²) in [5.74, 6) is -1.83. The van der Waals surface area contributed by atoms with E-state index in [1.54, 1.807) is 60.7 Å². The second kappa shape index (κ2) is 20.8. The average molecular weight is 983 g/mol. The first-order chi connectivity index (χ1) is 33.0. The largest absolute Gasteiger partial charge is 0.480 e. The van der Waals surface area contributed by atoms with Crippen LogP contribution in [0.2, 0.25) is 0 Å². The number of hydrogen-bond acceptors (Lipinski definition) is 13. The van der Waals surface area contributed by atoms with Gasteiger partial charge in [-0.05, 0) is 69.0 Å². The highest BCUT2D eigenvalue weighted by Gasteiger charge is 2.31. The lowest BCUT2D eigenvalue weighted by Crippen LogP contribution is -2.35. The van der Waals surface area contributed by atoms with E-state index in [2.05, 4.69) is 41.0 Å². The first-order valence-electron chi connectivity index (χ1n) is 21.9. The molecule has 0 atom stereocenters. The number of pyridine rings is 2. The van der Waals surface area contributed by atoms with E-state index in [0.29, 0.717) is 54.5 Å². The van der Waals surface area contributed by atoms with Crippen LogP contribution in [0.5, 0.6) is 0 Å². The lowest BCUT2D eigenvalue weighted by atomic mass is 10.00. The summed E-state index contributed by atoms with van der Waals surface area (Å²) in [7, 11) is 0. The van der Waals surface area contributed by atoms with E-state index in [9.17, 15) is 45.5 Å². The number of nitrogens with zero attached hydrogens (tertiary/aromatic N) is 12. The Morgan fingerprint density at radius 3 is 1.51 bits per heavy atom. The number of anilines is 4. The Labute approximate surface area is 394 Å². The predicted octanol–water partition coefficient (Wildman–Crippen LogP) is 6.68. The summed E-state index contributed by atoms with van der Waals surface area (Å²) in [4.78, 5) is 58.9. The number of amides is 2. The molecule has 8 rings (SSSR count). The van der Waals surface area contributed by atoms with Crippen molar-refractivity contribution >= 4 is 69.5 Å². The Bertz CT molecular complexity index is 2930. The summed E-state index contributed by atoms with van der Waals surface area (Å²) in [6.45, 7) is 6.20. The first-order valence-corrected chi connectivity index (χ1v) is 21.9. The van der Waals surface area contributed by atoms with Crippen molar-refractivity contribution in [1.82, 2.24) is 58.6 Å². The molecule has 20 nitrogen and oxygen atoms in total. The number of hydrogen-bond donors (Lipinski definition) is 3. The average Bonchev–Trinajstić information content (AvgIpc) is 4.11. The van der Waals surface area contributed by atoms with Gasteiger partial charge in [0, 0.05) is 74.9 Å². The third-order valence-electron chi connectivity index (χ3n) is 10.6. The van der Waals surface area contributed by atoms with Crippen LogP contribution in [0.25, 0.3) is 22.4 Å². The fourth-order valence-electron chi connectivity index (χ4n) is 7.45. The lowest BCUT2D eigenvalue weighted by molar-refractivity contribution is -0.155. The van der Waals surface area contributed by atoms with E-state index in [0.717, 1.165) is 22.3 Å². The van der Waals surface area contributed by atoms with Crippen LogP contribution in [0.15, 0.2) is 73.6 Å². The molecule has 0 unspecified atom stereocenters. The van der Waals surface area contributed by atoms with E-state index in [1.807, 2.05) is 30.4 Å².